The minimum absolute atomic E-state index is 0.262. The molecule has 2 N–H and O–H groups in total. The van der Waals surface area contributed by atoms with Gasteiger partial charge in [-0.25, -0.2) is 0 Å². The highest BCUT2D eigenvalue weighted by atomic mass is 16.1. The number of nitrogens with two attached hydrogens (primary N) is 1. The van der Waals surface area contributed by atoms with E-state index in [0.717, 1.165) is 37.8 Å². The Kier molecular flexibility index (Phi) is 6.66. The zero-order chi connectivity index (χ0) is 13.4. The Balaban J connectivity index is 2.37. The quantitative estimate of drug-likeness (QED) is 0.559. The van der Waals surface area contributed by atoms with Gasteiger partial charge in [0, 0.05) is 12.0 Å². The van der Waals surface area contributed by atoms with Crippen molar-refractivity contribution in [1.82, 2.24) is 0 Å². The molecule has 0 radical (unpaired) electrons. The van der Waals surface area contributed by atoms with E-state index in [0.29, 0.717) is 12.3 Å². The van der Waals surface area contributed by atoms with E-state index < -0.39 is 0 Å². The van der Waals surface area contributed by atoms with Crippen molar-refractivity contribution in [2.24, 2.45) is 5.73 Å². The van der Waals surface area contributed by atoms with Gasteiger partial charge in [-0.15, -0.1) is 0 Å². The van der Waals surface area contributed by atoms with Crippen molar-refractivity contribution < 1.29 is 4.79 Å². The van der Waals surface area contributed by atoms with Gasteiger partial charge in [-0.2, -0.15) is 0 Å². The molecule has 0 aliphatic heterocycles. The van der Waals surface area contributed by atoms with Crippen molar-refractivity contribution in [3.05, 3.63) is 35.4 Å². The highest BCUT2D eigenvalue weighted by Crippen LogP contribution is 2.16. The Labute approximate surface area is 111 Å². The van der Waals surface area contributed by atoms with Crippen LogP contribution >= 0.6 is 0 Å². The lowest BCUT2D eigenvalue weighted by Crippen LogP contribution is -2.01. The molecule has 0 aliphatic carbocycles. The molecule has 1 aromatic carbocycles. The number of carbonyl (C=O) groups excluding carboxylic acids is 1. The Morgan fingerprint density at radius 1 is 1.06 bits per heavy atom. The number of rotatable bonds is 8. The third kappa shape index (κ3) is 5.01. The summed E-state index contributed by atoms with van der Waals surface area (Å²) in [6, 6.07) is 8.04. The van der Waals surface area contributed by atoms with E-state index in [1.54, 1.807) is 0 Å². The summed E-state index contributed by atoms with van der Waals surface area (Å²) in [5.41, 5.74) is 7.57. The highest BCUT2D eigenvalue weighted by Gasteiger charge is 2.06. The van der Waals surface area contributed by atoms with Crippen LogP contribution in [0.5, 0.6) is 0 Å². The van der Waals surface area contributed by atoms with Gasteiger partial charge in [0.2, 0.25) is 0 Å². The topological polar surface area (TPSA) is 43.1 Å². The predicted molar refractivity (Wildman–Crippen MR) is 77.0 cm³/mol. The first kappa shape index (κ1) is 14.9. The SMILES string of the molecule is CC(C)c1ccc(C(=O)CCCCCCN)cc1. The van der Waals surface area contributed by atoms with Crippen LogP contribution in [0.1, 0.15) is 67.8 Å². The normalized spacial score (nSPS) is 10.9. The Morgan fingerprint density at radius 3 is 2.22 bits per heavy atom. The summed E-state index contributed by atoms with van der Waals surface area (Å²) in [5, 5.41) is 0. The van der Waals surface area contributed by atoms with E-state index in [4.69, 9.17) is 5.73 Å². The largest absolute Gasteiger partial charge is 0.330 e. The fraction of sp³-hybridized carbons (Fsp3) is 0.562. The van der Waals surface area contributed by atoms with Crippen LogP contribution in [0.3, 0.4) is 0 Å². The van der Waals surface area contributed by atoms with Crippen molar-refractivity contribution >= 4 is 5.78 Å². The fourth-order valence-corrected chi connectivity index (χ4v) is 1.98. The molecule has 0 saturated heterocycles. The molecule has 18 heavy (non-hydrogen) atoms. The zero-order valence-corrected chi connectivity index (χ0v) is 11.6. The molecule has 1 rings (SSSR count). The number of ketones is 1. The highest BCUT2D eigenvalue weighted by molar-refractivity contribution is 5.96. The maximum Gasteiger partial charge on any atom is 0.162 e. The summed E-state index contributed by atoms with van der Waals surface area (Å²) in [6.07, 6.45) is 4.94. The van der Waals surface area contributed by atoms with Crippen LogP contribution in [0.4, 0.5) is 0 Å². The maximum atomic E-state index is 11.9. The van der Waals surface area contributed by atoms with Gasteiger partial charge < -0.3 is 5.73 Å². The summed E-state index contributed by atoms with van der Waals surface area (Å²) < 4.78 is 0. The monoisotopic (exact) mass is 247 g/mol. The van der Waals surface area contributed by atoms with Gasteiger partial charge in [0.15, 0.2) is 5.78 Å². The minimum atomic E-state index is 0.262. The van der Waals surface area contributed by atoms with Crippen molar-refractivity contribution in [1.29, 1.82) is 0 Å². The van der Waals surface area contributed by atoms with Crippen LogP contribution < -0.4 is 5.73 Å². The van der Waals surface area contributed by atoms with Crippen molar-refractivity contribution in [2.45, 2.75) is 51.9 Å². The molecule has 2 nitrogen and oxygen atoms in total. The van der Waals surface area contributed by atoms with Crippen molar-refractivity contribution in [2.75, 3.05) is 6.54 Å². The third-order valence-corrected chi connectivity index (χ3v) is 3.26. The molecule has 0 aliphatic rings. The minimum Gasteiger partial charge on any atom is -0.330 e. The van der Waals surface area contributed by atoms with Crippen LogP contribution in [0.25, 0.3) is 0 Å². The average molecular weight is 247 g/mol. The molecular formula is C16H25NO. The van der Waals surface area contributed by atoms with Gasteiger partial charge >= 0.3 is 0 Å². The summed E-state index contributed by atoms with van der Waals surface area (Å²) in [4.78, 5) is 11.9. The number of hydrogen-bond donors (Lipinski definition) is 1. The van der Waals surface area contributed by atoms with E-state index >= 15 is 0 Å². The number of carbonyl (C=O) groups is 1. The van der Waals surface area contributed by atoms with Crippen LogP contribution in [0.2, 0.25) is 0 Å². The summed E-state index contributed by atoms with van der Waals surface area (Å²) in [5.74, 6) is 0.781. The van der Waals surface area contributed by atoms with Crippen molar-refractivity contribution in [3.63, 3.8) is 0 Å². The molecule has 0 spiro atoms. The van der Waals surface area contributed by atoms with Crippen LogP contribution in [0.15, 0.2) is 24.3 Å². The summed E-state index contributed by atoms with van der Waals surface area (Å²) in [7, 11) is 0. The number of hydrogen-bond acceptors (Lipinski definition) is 2. The smallest absolute Gasteiger partial charge is 0.162 e. The number of benzene rings is 1. The van der Waals surface area contributed by atoms with E-state index in [1.165, 1.54) is 5.56 Å². The Bertz CT molecular complexity index is 354. The van der Waals surface area contributed by atoms with Gasteiger partial charge in [-0.05, 0) is 30.9 Å². The molecule has 0 fully saturated rings. The lowest BCUT2D eigenvalue weighted by atomic mass is 9.99. The molecule has 100 valence electrons. The fourth-order valence-electron chi connectivity index (χ4n) is 1.98. The van der Waals surface area contributed by atoms with Crippen LogP contribution in [0, 0.1) is 0 Å². The second-order valence-electron chi connectivity index (χ2n) is 5.15. The van der Waals surface area contributed by atoms with Gasteiger partial charge in [0.25, 0.3) is 0 Å². The van der Waals surface area contributed by atoms with E-state index in [2.05, 4.69) is 26.0 Å². The van der Waals surface area contributed by atoms with Gasteiger partial charge in [-0.3, -0.25) is 4.79 Å². The molecule has 0 bridgehead atoms. The first-order chi connectivity index (χ1) is 8.65. The van der Waals surface area contributed by atoms with Gasteiger partial charge in [0.05, 0.1) is 0 Å². The lowest BCUT2D eigenvalue weighted by Gasteiger charge is -2.06. The van der Waals surface area contributed by atoms with E-state index in [9.17, 15) is 4.79 Å². The second kappa shape index (κ2) is 8.04. The number of Topliss-reactive ketones (excluding diaryl/α,β-unsaturated/α-hetero) is 1. The molecular weight excluding hydrogens is 222 g/mol. The third-order valence-electron chi connectivity index (χ3n) is 3.26. The van der Waals surface area contributed by atoms with Gasteiger partial charge in [-0.1, -0.05) is 51.0 Å². The molecule has 0 saturated carbocycles. The second-order valence-corrected chi connectivity index (χ2v) is 5.15. The summed E-state index contributed by atoms with van der Waals surface area (Å²) in [6.45, 7) is 5.08. The lowest BCUT2D eigenvalue weighted by molar-refractivity contribution is 0.0979. The van der Waals surface area contributed by atoms with Crippen LogP contribution in [-0.2, 0) is 0 Å². The van der Waals surface area contributed by atoms with Crippen molar-refractivity contribution in [3.8, 4) is 0 Å². The number of unbranched alkanes of at least 4 members (excludes halogenated alkanes) is 3. The standard InChI is InChI=1S/C16H25NO/c1-13(2)14-8-10-15(11-9-14)16(18)7-5-3-4-6-12-17/h8-11,13H,3-7,12,17H2,1-2H3. The maximum absolute atomic E-state index is 11.9. The summed E-state index contributed by atoms with van der Waals surface area (Å²) >= 11 is 0. The first-order valence-corrected chi connectivity index (χ1v) is 6.98. The predicted octanol–water partition coefficient (Wildman–Crippen LogP) is 3.90. The van der Waals surface area contributed by atoms with Gasteiger partial charge in [0.1, 0.15) is 0 Å². The zero-order valence-electron chi connectivity index (χ0n) is 11.6. The van der Waals surface area contributed by atoms with E-state index in [-0.39, 0.29) is 5.78 Å². The van der Waals surface area contributed by atoms with Crippen LogP contribution in [-0.4, -0.2) is 12.3 Å². The molecule has 0 unspecified atom stereocenters. The molecule has 0 atom stereocenters. The first-order valence-electron chi connectivity index (χ1n) is 6.98. The van der Waals surface area contributed by atoms with E-state index in [1.807, 2.05) is 12.1 Å². The Morgan fingerprint density at radius 2 is 1.67 bits per heavy atom. The molecule has 0 aromatic heterocycles. The average Bonchev–Trinajstić information content (AvgIpc) is 2.38. The molecule has 0 heterocycles. The molecule has 1 aromatic rings. The Hall–Kier alpha value is -1.15. The molecule has 0 amide bonds. The molecule has 2 heteroatoms.